The molecule has 0 amide bonds. The molecule has 0 N–H and O–H groups in total. The molecule has 2 nitrogen and oxygen atoms in total. The zero-order valence-corrected chi connectivity index (χ0v) is 12.0. The molecule has 1 aromatic rings. The summed E-state index contributed by atoms with van der Waals surface area (Å²) in [4.78, 5) is 11.6. The van der Waals surface area contributed by atoms with E-state index in [1.807, 2.05) is 0 Å². The van der Waals surface area contributed by atoms with Gasteiger partial charge in [0.25, 0.3) is 0 Å². The first-order valence-corrected chi connectivity index (χ1v) is 6.74. The topological polar surface area (TPSA) is 26.3 Å². The number of rotatable bonds is 6. The predicted molar refractivity (Wildman–Crippen MR) is 74.7 cm³/mol. The average Bonchev–Trinajstić information content (AvgIpc) is 2.34. The first-order valence-electron chi connectivity index (χ1n) is 6.74. The van der Waals surface area contributed by atoms with Crippen molar-refractivity contribution in [3.05, 3.63) is 34.9 Å². The van der Waals surface area contributed by atoms with E-state index in [2.05, 4.69) is 45.9 Å². The van der Waals surface area contributed by atoms with Crippen LogP contribution in [-0.4, -0.2) is 12.6 Å². The highest BCUT2D eigenvalue weighted by molar-refractivity contribution is 5.69. The van der Waals surface area contributed by atoms with Crippen LogP contribution in [0.4, 0.5) is 0 Å². The van der Waals surface area contributed by atoms with Gasteiger partial charge >= 0.3 is 5.97 Å². The minimum atomic E-state index is -0.0877. The third-order valence-electron chi connectivity index (χ3n) is 3.32. The summed E-state index contributed by atoms with van der Waals surface area (Å²) in [6.07, 6.45) is 2.29. The van der Waals surface area contributed by atoms with Gasteiger partial charge in [-0.25, -0.2) is 0 Å². The van der Waals surface area contributed by atoms with Gasteiger partial charge in [-0.2, -0.15) is 0 Å². The summed E-state index contributed by atoms with van der Waals surface area (Å²) in [6, 6.07) is 6.35. The number of ether oxygens (including phenoxy) is 1. The Bertz CT molecular complexity index is 396. The third kappa shape index (κ3) is 4.91. The molecule has 0 radical (unpaired) electrons. The van der Waals surface area contributed by atoms with Gasteiger partial charge in [0.1, 0.15) is 0 Å². The molecule has 100 valence electrons. The van der Waals surface area contributed by atoms with E-state index in [-0.39, 0.29) is 5.97 Å². The van der Waals surface area contributed by atoms with Crippen LogP contribution in [0.2, 0.25) is 0 Å². The maximum Gasteiger partial charge on any atom is 0.306 e. The van der Waals surface area contributed by atoms with Crippen LogP contribution in [0.3, 0.4) is 0 Å². The van der Waals surface area contributed by atoms with Crippen LogP contribution in [0.5, 0.6) is 0 Å². The van der Waals surface area contributed by atoms with E-state index in [1.54, 1.807) is 0 Å². The molecule has 0 aliphatic rings. The van der Waals surface area contributed by atoms with Crippen molar-refractivity contribution in [2.24, 2.45) is 5.92 Å². The highest BCUT2D eigenvalue weighted by Gasteiger charge is 2.07. The summed E-state index contributed by atoms with van der Waals surface area (Å²) >= 11 is 0. The van der Waals surface area contributed by atoms with Crippen molar-refractivity contribution in [2.45, 2.75) is 47.0 Å². The second kappa shape index (κ2) is 7.20. The Labute approximate surface area is 110 Å². The van der Waals surface area contributed by atoms with Gasteiger partial charge in [-0.1, -0.05) is 44.0 Å². The number of hydrogen-bond acceptors (Lipinski definition) is 2. The fourth-order valence-corrected chi connectivity index (χ4v) is 1.79. The molecule has 0 aliphatic heterocycles. The van der Waals surface area contributed by atoms with E-state index in [1.165, 1.54) is 16.7 Å². The van der Waals surface area contributed by atoms with Gasteiger partial charge in [0, 0.05) is 6.42 Å². The van der Waals surface area contributed by atoms with Crippen molar-refractivity contribution >= 4 is 5.97 Å². The SMILES string of the molecule is CCC(C)COC(=O)CCc1ccc(C)cc1C. The molecule has 1 unspecified atom stereocenters. The van der Waals surface area contributed by atoms with Crippen molar-refractivity contribution in [3.63, 3.8) is 0 Å². The molecule has 2 heteroatoms. The fraction of sp³-hybridized carbons (Fsp3) is 0.562. The zero-order chi connectivity index (χ0) is 13.5. The van der Waals surface area contributed by atoms with Gasteiger partial charge in [0.05, 0.1) is 6.61 Å². The van der Waals surface area contributed by atoms with Crippen LogP contribution >= 0.6 is 0 Å². The summed E-state index contributed by atoms with van der Waals surface area (Å²) in [6.45, 7) is 8.91. The number of esters is 1. The Kier molecular flexibility index (Phi) is 5.90. The Morgan fingerprint density at radius 3 is 2.67 bits per heavy atom. The number of hydrogen-bond donors (Lipinski definition) is 0. The molecule has 0 fully saturated rings. The smallest absolute Gasteiger partial charge is 0.306 e. The molecule has 0 bridgehead atoms. The van der Waals surface area contributed by atoms with Gasteiger partial charge in [-0.3, -0.25) is 4.79 Å². The monoisotopic (exact) mass is 248 g/mol. The lowest BCUT2D eigenvalue weighted by atomic mass is 10.0. The van der Waals surface area contributed by atoms with E-state index in [9.17, 15) is 4.79 Å². The number of carbonyl (C=O) groups excluding carboxylic acids is 1. The lowest BCUT2D eigenvalue weighted by Crippen LogP contribution is -2.12. The summed E-state index contributed by atoms with van der Waals surface area (Å²) in [5.74, 6) is 0.366. The normalized spacial score (nSPS) is 12.2. The number of benzene rings is 1. The molecule has 1 aromatic carbocycles. The summed E-state index contributed by atoms with van der Waals surface area (Å²) in [5.41, 5.74) is 3.75. The van der Waals surface area contributed by atoms with E-state index in [0.29, 0.717) is 18.9 Å². The second-order valence-electron chi connectivity index (χ2n) is 5.13. The Hall–Kier alpha value is -1.31. The van der Waals surface area contributed by atoms with Crippen LogP contribution in [0, 0.1) is 19.8 Å². The molecule has 0 heterocycles. The van der Waals surface area contributed by atoms with Crippen molar-refractivity contribution in [3.8, 4) is 0 Å². The predicted octanol–water partition coefficient (Wildman–Crippen LogP) is 3.83. The first kappa shape index (κ1) is 14.7. The Morgan fingerprint density at radius 1 is 1.33 bits per heavy atom. The van der Waals surface area contributed by atoms with Crippen LogP contribution < -0.4 is 0 Å². The van der Waals surface area contributed by atoms with E-state index in [0.717, 1.165) is 12.8 Å². The van der Waals surface area contributed by atoms with E-state index < -0.39 is 0 Å². The molecule has 1 rings (SSSR count). The molecule has 18 heavy (non-hydrogen) atoms. The minimum Gasteiger partial charge on any atom is -0.465 e. The van der Waals surface area contributed by atoms with Crippen LogP contribution in [-0.2, 0) is 16.0 Å². The average molecular weight is 248 g/mol. The van der Waals surface area contributed by atoms with Gasteiger partial charge in [-0.05, 0) is 37.3 Å². The lowest BCUT2D eigenvalue weighted by Gasteiger charge is -2.10. The van der Waals surface area contributed by atoms with E-state index >= 15 is 0 Å². The largest absolute Gasteiger partial charge is 0.465 e. The molecule has 0 spiro atoms. The molecular formula is C16H24O2. The molecule has 0 saturated heterocycles. The summed E-state index contributed by atoms with van der Waals surface area (Å²) in [7, 11) is 0. The standard InChI is InChI=1S/C16H24O2/c1-5-12(2)11-18-16(17)9-8-15-7-6-13(3)10-14(15)4/h6-7,10,12H,5,8-9,11H2,1-4H3. The maximum atomic E-state index is 11.6. The van der Waals surface area contributed by atoms with Gasteiger partial charge in [0.2, 0.25) is 0 Å². The molecule has 0 saturated carbocycles. The zero-order valence-electron chi connectivity index (χ0n) is 12.0. The highest BCUT2D eigenvalue weighted by atomic mass is 16.5. The third-order valence-corrected chi connectivity index (χ3v) is 3.32. The van der Waals surface area contributed by atoms with Gasteiger partial charge in [0.15, 0.2) is 0 Å². The maximum absolute atomic E-state index is 11.6. The quantitative estimate of drug-likeness (QED) is 0.715. The van der Waals surface area contributed by atoms with Crippen LogP contribution in [0.25, 0.3) is 0 Å². The van der Waals surface area contributed by atoms with Gasteiger partial charge in [-0.15, -0.1) is 0 Å². The Balaban J connectivity index is 2.38. The fourth-order valence-electron chi connectivity index (χ4n) is 1.79. The minimum absolute atomic E-state index is 0.0877. The van der Waals surface area contributed by atoms with Crippen LogP contribution in [0.15, 0.2) is 18.2 Å². The number of aryl methyl sites for hydroxylation is 3. The Morgan fingerprint density at radius 2 is 2.06 bits per heavy atom. The lowest BCUT2D eigenvalue weighted by molar-refractivity contribution is -0.144. The number of carbonyl (C=O) groups is 1. The molecule has 0 aromatic heterocycles. The van der Waals surface area contributed by atoms with Gasteiger partial charge < -0.3 is 4.74 Å². The molecular weight excluding hydrogens is 224 g/mol. The van der Waals surface area contributed by atoms with Crippen molar-refractivity contribution < 1.29 is 9.53 Å². The summed E-state index contributed by atoms with van der Waals surface area (Å²) < 4.78 is 5.24. The van der Waals surface area contributed by atoms with Crippen molar-refractivity contribution in [1.82, 2.24) is 0 Å². The van der Waals surface area contributed by atoms with E-state index in [4.69, 9.17) is 4.74 Å². The summed E-state index contributed by atoms with van der Waals surface area (Å²) in [5, 5.41) is 0. The first-order chi connectivity index (χ1) is 8.52. The second-order valence-corrected chi connectivity index (χ2v) is 5.13. The molecule has 1 atom stereocenters. The van der Waals surface area contributed by atoms with Crippen LogP contribution in [0.1, 0.15) is 43.4 Å². The highest BCUT2D eigenvalue weighted by Crippen LogP contribution is 2.13. The van der Waals surface area contributed by atoms with Crippen molar-refractivity contribution in [1.29, 1.82) is 0 Å². The molecule has 0 aliphatic carbocycles. The van der Waals surface area contributed by atoms with Crippen molar-refractivity contribution in [2.75, 3.05) is 6.61 Å².